The van der Waals surface area contributed by atoms with Crippen LogP contribution in [0, 0.1) is 0 Å². The molecule has 0 aliphatic carbocycles. The number of hydrogen-bond acceptors (Lipinski definition) is 6. The van der Waals surface area contributed by atoms with Gasteiger partial charge in [-0.1, -0.05) is 4.33 Å². The highest BCUT2D eigenvalue weighted by molar-refractivity contribution is 7.80. The van der Waals surface area contributed by atoms with Crippen molar-refractivity contribution in [3.63, 3.8) is 0 Å². The first-order valence-corrected chi connectivity index (χ1v) is 2.49. The number of rotatable bonds is 1. The summed E-state index contributed by atoms with van der Waals surface area (Å²) in [6, 6.07) is 0. The lowest BCUT2D eigenvalue weighted by Gasteiger charge is -1.79. The van der Waals surface area contributed by atoms with Crippen LogP contribution in [0.2, 0.25) is 0 Å². The van der Waals surface area contributed by atoms with E-state index in [0.29, 0.717) is 0 Å². The number of nitrogens with two attached hydrogens (primary N) is 1. The molecule has 0 atom stereocenters. The highest BCUT2D eigenvalue weighted by atomic mass is 32.3. The normalized spacial score (nSPS) is 9.50. The van der Waals surface area contributed by atoms with Crippen LogP contribution in [-0.2, 0) is 14.7 Å². The van der Waals surface area contributed by atoms with Crippen molar-refractivity contribution >= 4 is 10.4 Å². The summed E-state index contributed by atoms with van der Waals surface area (Å²) in [6.45, 7) is 0. The van der Waals surface area contributed by atoms with Gasteiger partial charge in [0, 0.05) is 0 Å². The molecule has 52 valence electrons. The molecule has 5 N–H and O–H groups in total. The van der Waals surface area contributed by atoms with Gasteiger partial charge in [-0.2, -0.15) is 8.42 Å². The van der Waals surface area contributed by atoms with Crippen LogP contribution in [0.4, 0.5) is 0 Å². The van der Waals surface area contributed by atoms with Crippen molar-refractivity contribution in [1.82, 2.24) is 0 Å². The predicted molar refractivity (Wildman–Crippen MR) is 21.2 cm³/mol. The fourth-order valence-electron chi connectivity index (χ4n) is 0. The molecule has 0 fully saturated rings. The number of hydrogen-bond donors (Lipinski definition) is 4. The maximum Gasteiger partial charge on any atom is 0.423 e. The molecule has 0 heterocycles. The van der Waals surface area contributed by atoms with Gasteiger partial charge in [-0.05, 0) is 0 Å². The van der Waals surface area contributed by atoms with Gasteiger partial charge in [0.15, 0.2) is 0 Å². The lowest BCUT2D eigenvalue weighted by molar-refractivity contribution is -0.139. The van der Waals surface area contributed by atoms with Crippen LogP contribution in [-0.4, -0.2) is 23.4 Å². The van der Waals surface area contributed by atoms with Gasteiger partial charge in [-0.25, -0.2) is 11.2 Å². The maximum atomic E-state index is 9.08. The molecule has 0 saturated carbocycles. The van der Waals surface area contributed by atoms with E-state index in [0.717, 1.165) is 0 Å². The van der Waals surface area contributed by atoms with E-state index in [4.69, 9.17) is 23.4 Å². The third-order valence-corrected chi connectivity index (χ3v) is 0.283. The minimum absolute atomic E-state index is 2.47. The molecule has 0 rings (SSSR count). The zero-order valence-electron chi connectivity index (χ0n) is 3.55. The average molecular weight is 147 g/mol. The highest BCUT2D eigenvalue weighted by Gasteiger charge is 1.97. The molecular weight excluding hydrogens is 142 g/mol. The zero-order chi connectivity index (χ0) is 7.21. The molecule has 0 saturated heterocycles. The molecular formula is H5NO6S. The van der Waals surface area contributed by atoms with Gasteiger partial charge in [-0.15, -0.1) is 0 Å². The van der Waals surface area contributed by atoms with Crippen LogP contribution < -0.4 is 5.90 Å². The van der Waals surface area contributed by atoms with Gasteiger partial charge in [-0.3, -0.25) is 4.55 Å². The minimum Gasteiger partial charge on any atom is -0.320 e. The van der Waals surface area contributed by atoms with Gasteiger partial charge < -0.3 is 5.21 Å². The summed E-state index contributed by atoms with van der Waals surface area (Å²) in [5, 5.41) is 13.6. The van der Waals surface area contributed by atoms with Gasteiger partial charge in [0.05, 0.1) is 0 Å². The molecule has 0 aromatic heterocycles. The molecule has 8 heteroatoms. The molecule has 0 aromatic rings. The van der Waals surface area contributed by atoms with Crippen molar-refractivity contribution in [3.05, 3.63) is 0 Å². The summed E-state index contributed by atoms with van der Waals surface area (Å²) >= 11 is 0. The summed E-state index contributed by atoms with van der Waals surface area (Å²) in [5.74, 6) is 3.50. The topological polar surface area (TPSA) is 130 Å². The second-order valence-corrected chi connectivity index (χ2v) is 1.51. The first-order chi connectivity index (χ1) is 3.56. The Morgan fingerprint density at radius 3 is 1.50 bits per heavy atom. The average Bonchev–Trinajstić information content (AvgIpc) is 1.71. The Balaban J connectivity index is 0. The Hall–Kier alpha value is -0.250. The summed E-state index contributed by atoms with van der Waals surface area (Å²) in [5.41, 5.74) is 0. The summed E-state index contributed by atoms with van der Waals surface area (Å²) in [4.78, 5) is 0. The lowest BCUT2D eigenvalue weighted by atomic mass is 13.6. The van der Waals surface area contributed by atoms with E-state index in [2.05, 4.69) is 10.2 Å². The molecule has 0 aliphatic rings. The van der Waals surface area contributed by atoms with Crippen molar-refractivity contribution in [2.45, 2.75) is 0 Å². The third kappa shape index (κ3) is 17.2. The van der Waals surface area contributed by atoms with E-state index in [1.807, 2.05) is 0 Å². The van der Waals surface area contributed by atoms with E-state index < -0.39 is 10.4 Å². The van der Waals surface area contributed by atoms with Crippen LogP contribution in [0.5, 0.6) is 0 Å². The second-order valence-electron chi connectivity index (χ2n) is 0.502. The summed E-state index contributed by atoms with van der Waals surface area (Å²) in [7, 11) is -4.61. The molecule has 0 bridgehead atoms. The molecule has 7 nitrogen and oxygen atoms in total. The van der Waals surface area contributed by atoms with Crippen LogP contribution >= 0.6 is 0 Å². The standard InChI is InChI=1S/H3NO.H2O5S/c1-2;1-5-6(2,3)4/h2H,1H2;1H,(H,2,3,4). The Labute approximate surface area is 45.1 Å². The zero-order valence-corrected chi connectivity index (χ0v) is 4.37. The van der Waals surface area contributed by atoms with E-state index in [9.17, 15) is 0 Å². The quantitative estimate of drug-likeness (QED) is 0.204. The Morgan fingerprint density at radius 1 is 1.38 bits per heavy atom. The highest BCUT2D eigenvalue weighted by Crippen LogP contribution is 1.74. The summed E-state index contributed by atoms with van der Waals surface area (Å²) in [6.07, 6.45) is 0. The first-order valence-electron chi connectivity index (χ1n) is 1.12. The van der Waals surface area contributed by atoms with Crippen molar-refractivity contribution in [3.8, 4) is 0 Å². The summed E-state index contributed by atoms with van der Waals surface area (Å²) < 4.78 is 28.0. The second kappa shape index (κ2) is 4.90. The molecule has 0 aliphatic heterocycles. The van der Waals surface area contributed by atoms with Crippen molar-refractivity contribution < 1.29 is 27.8 Å². The van der Waals surface area contributed by atoms with Crippen LogP contribution in [0.1, 0.15) is 0 Å². The Morgan fingerprint density at radius 2 is 1.50 bits per heavy atom. The van der Waals surface area contributed by atoms with Crippen molar-refractivity contribution in [2.75, 3.05) is 0 Å². The molecule has 0 unspecified atom stereocenters. The molecule has 0 radical (unpaired) electrons. The fourth-order valence-corrected chi connectivity index (χ4v) is 0. The van der Waals surface area contributed by atoms with E-state index in [1.165, 1.54) is 0 Å². The molecule has 0 aromatic carbocycles. The monoisotopic (exact) mass is 147 g/mol. The van der Waals surface area contributed by atoms with Gasteiger partial charge in [0.1, 0.15) is 0 Å². The SMILES string of the molecule is NO.O=S(=O)(O)OO. The van der Waals surface area contributed by atoms with Crippen LogP contribution in [0.15, 0.2) is 0 Å². The largest absolute Gasteiger partial charge is 0.423 e. The van der Waals surface area contributed by atoms with Crippen LogP contribution in [0.3, 0.4) is 0 Å². The van der Waals surface area contributed by atoms with Crippen molar-refractivity contribution in [1.29, 1.82) is 0 Å². The fraction of sp³-hybridized carbons (Fsp3) is 0. The lowest BCUT2D eigenvalue weighted by Crippen LogP contribution is -1.97. The van der Waals surface area contributed by atoms with Gasteiger partial charge >= 0.3 is 10.4 Å². The smallest absolute Gasteiger partial charge is 0.320 e. The minimum atomic E-state index is -4.61. The maximum absolute atomic E-state index is 9.08. The van der Waals surface area contributed by atoms with Gasteiger partial charge in [0.25, 0.3) is 0 Å². The first kappa shape index (κ1) is 10.7. The molecule has 8 heavy (non-hydrogen) atoms. The molecule has 0 amide bonds. The van der Waals surface area contributed by atoms with E-state index in [1.54, 1.807) is 0 Å². The van der Waals surface area contributed by atoms with Gasteiger partial charge in [0.2, 0.25) is 0 Å². The van der Waals surface area contributed by atoms with Crippen LogP contribution in [0.25, 0.3) is 0 Å². The Kier molecular flexibility index (Phi) is 6.54. The van der Waals surface area contributed by atoms with E-state index >= 15 is 0 Å². The van der Waals surface area contributed by atoms with Crippen molar-refractivity contribution in [2.24, 2.45) is 5.90 Å². The van der Waals surface area contributed by atoms with E-state index in [-0.39, 0.29) is 0 Å². The molecule has 0 spiro atoms. The predicted octanol–water partition coefficient (Wildman–Crippen LogP) is -1.39. The third-order valence-electron chi connectivity index (χ3n) is 0.0942. The Bertz CT molecular complexity index is 110.